The molecular formula is C19H22N2O4. The lowest BCUT2D eigenvalue weighted by Gasteiger charge is -2.09. The third-order valence-corrected chi connectivity index (χ3v) is 3.27. The van der Waals surface area contributed by atoms with E-state index in [1.807, 2.05) is 37.3 Å². The van der Waals surface area contributed by atoms with Crippen LogP contribution in [0.25, 0.3) is 0 Å². The van der Waals surface area contributed by atoms with Gasteiger partial charge in [-0.3, -0.25) is 20.4 Å². The highest BCUT2D eigenvalue weighted by Crippen LogP contribution is 2.13. The molecule has 0 aliphatic carbocycles. The van der Waals surface area contributed by atoms with Crippen LogP contribution in [-0.4, -0.2) is 25.0 Å². The van der Waals surface area contributed by atoms with Crippen molar-refractivity contribution >= 4 is 11.8 Å². The Hall–Kier alpha value is -3.02. The van der Waals surface area contributed by atoms with Crippen LogP contribution in [-0.2, 0) is 4.79 Å². The normalized spacial score (nSPS) is 9.96. The number of nitrogens with one attached hydrogen (secondary N) is 2. The quantitative estimate of drug-likeness (QED) is 0.571. The monoisotopic (exact) mass is 342 g/mol. The van der Waals surface area contributed by atoms with Gasteiger partial charge in [0.05, 0.1) is 0 Å². The molecule has 2 rings (SSSR count). The Labute approximate surface area is 147 Å². The maximum atomic E-state index is 11.9. The summed E-state index contributed by atoms with van der Waals surface area (Å²) in [7, 11) is 0. The van der Waals surface area contributed by atoms with Crippen molar-refractivity contribution in [3.05, 3.63) is 60.2 Å². The number of para-hydroxylation sites is 1. The smallest absolute Gasteiger partial charge is 0.269 e. The molecule has 0 aromatic heterocycles. The minimum absolute atomic E-state index is 0.214. The lowest BCUT2D eigenvalue weighted by atomic mass is 10.2. The van der Waals surface area contributed by atoms with Crippen molar-refractivity contribution in [3.63, 3.8) is 0 Å². The summed E-state index contributed by atoms with van der Waals surface area (Å²) in [6.07, 6.45) is 1.10. The van der Waals surface area contributed by atoms with Crippen LogP contribution in [0.15, 0.2) is 54.6 Å². The first-order valence-electron chi connectivity index (χ1n) is 8.19. The minimum Gasteiger partial charge on any atom is -0.490 e. The molecule has 25 heavy (non-hydrogen) atoms. The van der Waals surface area contributed by atoms with Crippen molar-refractivity contribution in [1.82, 2.24) is 10.9 Å². The first-order valence-corrected chi connectivity index (χ1v) is 8.19. The van der Waals surface area contributed by atoms with Gasteiger partial charge < -0.3 is 9.47 Å². The van der Waals surface area contributed by atoms with Gasteiger partial charge >= 0.3 is 0 Å². The molecule has 0 fully saturated rings. The highest BCUT2D eigenvalue weighted by atomic mass is 16.5. The van der Waals surface area contributed by atoms with Gasteiger partial charge in [-0.25, -0.2) is 0 Å². The second-order valence-corrected chi connectivity index (χ2v) is 5.29. The van der Waals surface area contributed by atoms with Crippen LogP contribution in [0.3, 0.4) is 0 Å². The molecule has 2 N–H and O–H groups in total. The number of carbonyl (C=O) groups excluding carboxylic acids is 2. The number of hydrazine groups is 1. The van der Waals surface area contributed by atoms with Crippen molar-refractivity contribution in [2.24, 2.45) is 0 Å². The van der Waals surface area contributed by atoms with E-state index in [1.165, 1.54) is 0 Å². The van der Waals surface area contributed by atoms with E-state index in [0.29, 0.717) is 30.9 Å². The molecule has 0 unspecified atom stereocenters. The second kappa shape index (κ2) is 9.97. The van der Waals surface area contributed by atoms with Crippen molar-refractivity contribution in [3.8, 4) is 11.5 Å². The molecule has 6 heteroatoms. The second-order valence-electron chi connectivity index (χ2n) is 5.29. The Bertz CT molecular complexity index is 672. The maximum absolute atomic E-state index is 11.9. The summed E-state index contributed by atoms with van der Waals surface area (Å²) in [5.74, 6) is 0.851. The predicted molar refractivity (Wildman–Crippen MR) is 94.4 cm³/mol. The van der Waals surface area contributed by atoms with Crippen LogP contribution in [0.1, 0.15) is 30.1 Å². The largest absolute Gasteiger partial charge is 0.490 e. The fraction of sp³-hybridized carbons (Fsp3) is 0.263. The highest BCUT2D eigenvalue weighted by Gasteiger charge is 2.07. The lowest BCUT2D eigenvalue weighted by molar-refractivity contribution is -0.121. The lowest BCUT2D eigenvalue weighted by Crippen LogP contribution is -2.41. The number of amides is 2. The molecule has 0 saturated carbocycles. The molecule has 2 aromatic carbocycles. The van der Waals surface area contributed by atoms with Crippen molar-refractivity contribution in [2.45, 2.75) is 19.8 Å². The van der Waals surface area contributed by atoms with Gasteiger partial charge in [-0.2, -0.15) is 0 Å². The highest BCUT2D eigenvalue weighted by molar-refractivity contribution is 5.95. The van der Waals surface area contributed by atoms with E-state index in [0.717, 1.165) is 12.2 Å². The summed E-state index contributed by atoms with van der Waals surface area (Å²) < 4.78 is 11.1. The van der Waals surface area contributed by atoms with Crippen molar-refractivity contribution in [1.29, 1.82) is 0 Å². The van der Waals surface area contributed by atoms with Crippen LogP contribution in [0.2, 0.25) is 0 Å². The Balaban J connectivity index is 1.72. The fourth-order valence-electron chi connectivity index (χ4n) is 2.03. The molecule has 0 aliphatic rings. The molecule has 2 amide bonds. The number of rotatable bonds is 8. The molecule has 0 bridgehead atoms. The Morgan fingerprint density at radius 2 is 1.44 bits per heavy atom. The summed E-state index contributed by atoms with van der Waals surface area (Å²) in [5.41, 5.74) is 5.18. The molecule has 132 valence electrons. The van der Waals surface area contributed by atoms with Gasteiger partial charge in [0, 0.05) is 12.0 Å². The number of hydrogen-bond donors (Lipinski definition) is 2. The summed E-state index contributed by atoms with van der Waals surface area (Å²) in [6.45, 7) is 2.72. The molecule has 0 saturated heterocycles. The first kappa shape index (κ1) is 18.3. The SMILES string of the molecule is CCCC(=O)NNC(=O)c1ccc(OCCOc2ccccc2)cc1. The van der Waals surface area contributed by atoms with E-state index in [9.17, 15) is 9.59 Å². The molecule has 0 radical (unpaired) electrons. The summed E-state index contributed by atoms with van der Waals surface area (Å²) in [6, 6.07) is 16.2. The van der Waals surface area contributed by atoms with Gasteiger partial charge in [0.25, 0.3) is 5.91 Å². The standard InChI is InChI=1S/C19H22N2O4/c1-2-6-18(22)20-21-19(23)15-9-11-17(12-10-15)25-14-13-24-16-7-4-3-5-8-16/h3-5,7-12H,2,6,13-14H2,1H3,(H,20,22)(H,21,23). The number of hydrogen-bond acceptors (Lipinski definition) is 4. The fourth-order valence-corrected chi connectivity index (χ4v) is 2.03. The van der Waals surface area contributed by atoms with Crippen LogP contribution < -0.4 is 20.3 Å². The predicted octanol–water partition coefficient (Wildman–Crippen LogP) is 2.71. The van der Waals surface area contributed by atoms with E-state index in [2.05, 4.69) is 10.9 Å². The Kier molecular flexibility index (Phi) is 7.31. The summed E-state index contributed by atoms with van der Waals surface area (Å²) >= 11 is 0. The van der Waals surface area contributed by atoms with Crippen LogP contribution in [0.4, 0.5) is 0 Å². The molecule has 2 aromatic rings. The average molecular weight is 342 g/mol. The third kappa shape index (κ3) is 6.55. The van der Waals surface area contributed by atoms with Crippen LogP contribution in [0.5, 0.6) is 11.5 Å². The molecular weight excluding hydrogens is 320 g/mol. The third-order valence-electron chi connectivity index (χ3n) is 3.27. The van der Waals surface area contributed by atoms with Crippen LogP contribution in [0, 0.1) is 0 Å². The molecule has 0 heterocycles. The minimum atomic E-state index is -0.372. The van der Waals surface area contributed by atoms with E-state index >= 15 is 0 Å². The van der Waals surface area contributed by atoms with Gasteiger partial charge in [-0.1, -0.05) is 25.1 Å². The topological polar surface area (TPSA) is 76.7 Å². The van der Waals surface area contributed by atoms with Gasteiger partial charge in [0.2, 0.25) is 5.91 Å². The molecule has 0 aliphatic heterocycles. The van der Waals surface area contributed by atoms with Crippen LogP contribution >= 0.6 is 0 Å². The van der Waals surface area contributed by atoms with E-state index in [4.69, 9.17) is 9.47 Å². The van der Waals surface area contributed by atoms with Gasteiger partial charge in [-0.05, 0) is 42.8 Å². The zero-order valence-electron chi connectivity index (χ0n) is 14.2. The summed E-state index contributed by atoms with van der Waals surface area (Å²) in [4.78, 5) is 23.2. The summed E-state index contributed by atoms with van der Waals surface area (Å²) in [5, 5.41) is 0. The van der Waals surface area contributed by atoms with E-state index < -0.39 is 0 Å². The number of benzene rings is 2. The number of carbonyl (C=O) groups is 2. The van der Waals surface area contributed by atoms with Crippen molar-refractivity contribution in [2.75, 3.05) is 13.2 Å². The maximum Gasteiger partial charge on any atom is 0.269 e. The van der Waals surface area contributed by atoms with E-state index in [1.54, 1.807) is 24.3 Å². The van der Waals surface area contributed by atoms with Gasteiger partial charge in [0.15, 0.2) is 0 Å². The van der Waals surface area contributed by atoms with Gasteiger partial charge in [-0.15, -0.1) is 0 Å². The zero-order chi connectivity index (χ0) is 17.9. The molecule has 0 spiro atoms. The molecule has 0 atom stereocenters. The van der Waals surface area contributed by atoms with Gasteiger partial charge in [0.1, 0.15) is 24.7 Å². The molecule has 6 nitrogen and oxygen atoms in total. The zero-order valence-corrected chi connectivity index (χ0v) is 14.2. The van der Waals surface area contributed by atoms with E-state index in [-0.39, 0.29) is 11.8 Å². The van der Waals surface area contributed by atoms with Crippen molar-refractivity contribution < 1.29 is 19.1 Å². The first-order chi connectivity index (χ1) is 12.2. The Morgan fingerprint density at radius 3 is 2.04 bits per heavy atom. The average Bonchev–Trinajstić information content (AvgIpc) is 2.65. The Morgan fingerprint density at radius 1 is 0.840 bits per heavy atom. The number of ether oxygens (including phenoxy) is 2.